The minimum Gasteiger partial charge on any atom is -0.495 e. The molecule has 10 heteroatoms. The third kappa shape index (κ3) is 5.08. The van der Waals surface area contributed by atoms with E-state index in [0.717, 1.165) is 6.07 Å². The van der Waals surface area contributed by atoms with Gasteiger partial charge in [-0.05, 0) is 24.3 Å². The lowest BCUT2D eigenvalue weighted by molar-refractivity contribution is -0.384. The van der Waals surface area contributed by atoms with Gasteiger partial charge in [0, 0.05) is 23.4 Å². The summed E-state index contributed by atoms with van der Waals surface area (Å²) in [4.78, 5) is 33.8. The van der Waals surface area contributed by atoms with Crippen LogP contribution in [0.2, 0.25) is 5.02 Å². The van der Waals surface area contributed by atoms with Gasteiger partial charge < -0.3 is 10.1 Å². The molecule has 0 saturated heterocycles. The molecule has 136 valence electrons. The molecule has 0 aliphatic heterocycles. The predicted octanol–water partition coefficient (Wildman–Crippen LogP) is 2.13. The number of benzene rings is 2. The molecule has 2 amide bonds. The summed E-state index contributed by atoms with van der Waals surface area (Å²) in [7, 11) is 1.49. The molecule has 2 aromatic carbocycles. The van der Waals surface area contributed by atoms with E-state index in [0.29, 0.717) is 16.5 Å². The summed E-state index contributed by atoms with van der Waals surface area (Å²) in [6.07, 6.45) is 0. The van der Waals surface area contributed by atoms with Crippen LogP contribution in [0.4, 0.5) is 11.4 Å². The fourth-order valence-electron chi connectivity index (χ4n) is 1.96. The summed E-state index contributed by atoms with van der Waals surface area (Å²) in [6, 6.07) is 10.1. The summed E-state index contributed by atoms with van der Waals surface area (Å²) in [6.45, 7) is -0.127. The molecule has 0 unspecified atom stereocenters. The number of nitro groups is 1. The van der Waals surface area contributed by atoms with Crippen molar-refractivity contribution in [2.45, 2.75) is 0 Å². The Labute approximate surface area is 153 Å². The van der Waals surface area contributed by atoms with Crippen molar-refractivity contribution in [2.24, 2.45) is 0 Å². The summed E-state index contributed by atoms with van der Waals surface area (Å²) < 4.78 is 5.03. The second-order valence-corrected chi connectivity index (χ2v) is 5.42. The SMILES string of the molecule is COc1ccc(NCC(=O)NNC(=O)c2cccc([N+](=O)[O-])c2)cc1Cl. The second-order valence-electron chi connectivity index (χ2n) is 5.01. The largest absolute Gasteiger partial charge is 0.495 e. The number of methoxy groups -OCH3 is 1. The molecule has 9 nitrogen and oxygen atoms in total. The number of hydrogen-bond donors (Lipinski definition) is 3. The van der Waals surface area contributed by atoms with Gasteiger partial charge in [-0.15, -0.1) is 0 Å². The molecule has 0 aliphatic rings. The van der Waals surface area contributed by atoms with E-state index in [1.807, 2.05) is 0 Å². The Balaban J connectivity index is 1.85. The van der Waals surface area contributed by atoms with Gasteiger partial charge in [0.1, 0.15) is 5.75 Å². The first-order chi connectivity index (χ1) is 12.4. The molecule has 0 atom stereocenters. The van der Waals surface area contributed by atoms with Crippen molar-refractivity contribution in [3.8, 4) is 5.75 Å². The topological polar surface area (TPSA) is 123 Å². The number of nitrogens with one attached hydrogen (secondary N) is 3. The van der Waals surface area contributed by atoms with Crippen molar-refractivity contribution >= 4 is 34.8 Å². The van der Waals surface area contributed by atoms with Crippen LogP contribution in [0.25, 0.3) is 0 Å². The molecule has 2 rings (SSSR count). The lowest BCUT2D eigenvalue weighted by Crippen LogP contribution is -2.44. The van der Waals surface area contributed by atoms with E-state index in [4.69, 9.17) is 16.3 Å². The van der Waals surface area contributed by atoms with Gasteiger partial charge in [-0.25, -0.2) is 0 Å². The van der Waals surface area contributed by atoms with Crippen molar-refractivity contribution in [3.63, 3.8) is 0 Å². The highest BCUT2D eigenvalue weighted by molar-refractivity contribution is 6.32. The van der Waals surface area contributed by atoms with E-state index in [1.54, 1.807) is 18.2 Å². The molecule has 0 saturated carbocycles. The Morgan fingerprint density at radius 2 is 1.96 bits per heavy atom. The van der Waals surface area contributed by atoms with Crippen molar-refractivity contribution in [3.05, 3.63) is 63.2 Å². The van der Waals surface area contributed by atoms with E-state index in [-0.39, 0.29) is 17.8 Å². The zero-order chi connectivity index (χ0) is 19.1. The van der Waals surface area contributed by atoms with Crippen molar-refractivity contribution in [2.75, 3.05) is 19.0 Å². The smallest absolute Gasteiger partial charge is 0.270 e. The first kappa shape index (κ1) is 19.0. The molecular formula is C16H15ClN4O5. The van der Waals surface area contributed by atoms with Crippen LogP contribution in [-0.4, -0.2) is 30.4 Å². The molecule has 0 aromatic heterocycles. The van der Waals surface area contributed by atoms with Gasteiger partial charge in [0.15, 0.2) is 0 Å². The fraction of sp³-hybridized carbons (Fsp3) is 0.125. The monoisotopic (exact) mass is 378 g/mol. The number of nitrogens with zero attached hydrogens (tertiary/aromatic N) is 1. The number of amides is 2. The first-order valence-electron chi connectivity index (χ1n) is 7.31. The van der Waals surface area contributed by atoms with Crippen molar-refractivity contribution < 1.29 is 19.2 Å². The Morgan fingerprint density at radius 1 is 1.19 bits per heavy atom. The van der Waals surface area contributed by atoms with Crippen LogP contribution < -0.4 is 20.9 Å². The van der Waals surface area contributed by atoms with Gasteiger partial charge >= 0.3 is 0 Å². The standard InChI is InChI=1S/C16H15ClN4O5/c1-26-14-6-5-11(8-13(14)17)18-9-15(22)19-20-16(23)10-3-2-4-12(7-10)21(24)25/h2-8,18H,9H2,1H3,(H,19,22)(H,20,23). The number of carbonyl (C=O) groups excluding carboxylic acids is 2. The van der Waals surface area contributed by atoms with E-state index >= 15 is 0 Å². The number of halogens is 1. The number of rotatable bonds is 6. The van der Waals surface area contributed by atoms with Crippen LogP contribution in [0, 0.1) is 10.1 Å². The van der Waals surface area contributed by atoms with E-state index in [1.165, 1.54) is 25.3 Å². The summed E-state index contributed by atoms with van der Waals surface area (Å²) >= 11 is 5.98. The van der Waals surface area contributed by atoms with Crippen LogP contribution in [0.5, 0.6) is 5.75 Å². The van der Waals surface area contributed by atoms with Crippen molar-refractivity contribution in [1.29, 1.82) is 0 Å². The van der Waals surface area contributed by atoms with Gasteiger partial charge in [-0.2, -0.15) is 0 Å². The predicted molar refractivity (Wildman–Crippen MR) is 95.2 cm³/mol. The number of non-ortho nitro benzene ring substituents is 1. The zero-order valence-electron chi connectivity index (χ0n) is 13.6. The quantitative estimate of drug-likeness (QED) is 0.522. The summed E-state index contributed by atoms with van der Waals surface area (Å²) in [5.41, 5.74) is 4.82. The first-order valence-corrected chi connectivity index (χ1v) is 7.69. The number of hydrazine groups is 1. The van der Waals surface area contributed by atoms with Gasteiger partial charge in [0.2, 0.25) is 0 Å². The molecule has 0 spiro atoms. The maximum Gasteiger partial charge on any atom is 0.270 e. The molecule has 2 aromatic rings. The minimum atomic E-state index is -0.672. The van der Waals surface area contributed by atoms with Crippen molar-refractivity contribution in [1.82, 2.24) is 10.9 Å². The third-order valence-electron chi connectivity index (χ3n) is 3.24. The molecule has 3 N–H and O–H groups in total. The maximum atomic E-state index is 11.9. The van der Waals surface area contributed by atoms with E-state index < -0.39 is 16.7 Å². The molecular weight excluding hydrogens is 364 g/mol. The number of anilines is 1. The van der Waals surface area contributed by atoms with Crippen LogP contribution in [0.15, 0.2) is 42.5 Å². The number of ether oxygens (including phenoxy) is 1. The molecule has 0 radical (unpaired) electrons. The number of carbonyl (C=O) groups is 2. The molecule has 0 bridgehead atoms. The highest BCUT2D eigenvalue weighted by Gasteiger charge is 2.12. The molecule has 0 fully saturated rings. The van der Waals surface area contributed by atoms with Gasteiger partial charge in [0.05, 0.1) is 23.6 Å². The number of hydrogen-bond acceptors (Lipinski definition) is 6. The van der Waals surface area contributed by atoms with Crippen LogP contribution in [0.1, 0.15) is 10.4 Å². The Hall–Kier alpha value is -3.33. The highest BCUT2D eigenvalue weighted by Crippen LogP contribution is 2.26. The molecule has 26 heavy (non-hydrogen) atoms. The maximum absolute atomic E-state index is 11.9. The van der Waals surface area contributed by atoms with E-state index in [2.05, 4.69) is 16.2 Å². The summed E-state index contributed by atoms with van der Waals surface area (Å²) in [5, 5.41) is 13.9. The van der Waals surface area contributed by atoms with Gasteiger partial charge in [-0.1, -0.05) is 17.7 Å². The van der Waals surface area contributed by atoms with Gasteiger partial charge in [0.25, 0.3) is 17.5 Å². The Bertz CT molecular complexity index is 843. The van der Waals surface area contributed by atoms with Crippen LogP contribution >= 0.6 is 11.6 Å². The van der Waals surface area contributed by atoms with Crippen LogP contribution in [0.3, 0.4) is 0 Å². The lowest BCUT2D eigenvalue weighted by Gasteiger charge is -2.10. The minimum absolute atomic E-state index is 0.0504. The van der Waals surface area contributed by atoms with E-state index in [9.17, 15) is 19.7 Å². The molecule has 0 aliphatic carbocycles. The Morgan fingerprint density at radius 3 is 2.62 bits per heavy atom. The fourth-order valence-corrected chi connectivity index (χ4v) is 2.22. The summed E-state index contributed by atoms with van der Waals surface area (Å²) in [5.74, 6) is -0.684. The van der Waals surface area contributed by atoms with Crippen LogP contribution in [-0.2, 0) is 4.79 Å². The second kappa shape index (κ2) is 8.67. The average molecular weight is 379 g/mol. The van der Waals surface area contributed by atoms with Gasteiger partial charge in [-0.3, -0.25) is 30.6 Å². The highest BCUT2D eigenvalue weighted by atomic mass is 35.5. The normalized spacial score (nSPS) is 9.92. The number of nitro benzene ring substituents is 1. The lowest BCUT2D eigenvalue weighted by atomic mass is 10.2. The average Bonchev–Trinajstić information content (AvgIpc) is 2.64. The zero-order valence-corrected chi connectivity index (χ0v) is 14.4. The Kier molecular flexibility index (Phi) is 6.34. The molecule has 0 heterocycles. The third-order valence-corrected chi connectivity index (χ3v) is 3.53.